The molecule has 1 aliphatic rings. The van der Waals surface area contributed by atoms with E-state index in [1.807, 2.05) is 0 Å². The molecule has 0 atom stereocenters. The summed E-state index contributed by atoms with van der Waals surface area (Å²) in [5, 5.41) is 10.1. The van der Waals surface area contributed by atoms with Crippen molar-refractivity contribution in [3.63, 3.8) is 0 Å². The van der Waals surface area contributed by atoms with Crippen molar-refractivity contribution in [1.29, 1.82) is 0 Å². The molecule has 3 heteroatoms. The van der Waals surface area contributed by atoms with Crippen LogP contribution in [-0.4, -0.2) is 11.2 Å². The van der Waals surface area contributed by atoms with Crippen LogP contribution in [0.15, 0.2) is 42.5 Å². The molecular formula is C21H28N2S. The molecule has 0 aromatic heterocycles. The van der Waals surface area contributed by atoms with Gasteiger partial charge in [-0.2, -0.15) is 0 Å². The summed E-state index contributed by atoms with van der Waals surface area (Å²) in [4.78, 5) is 0. The number of anilines is 1. The maximum absolute atomic E-state index is 5.56. The highest BCUT2D eigenvalue weighted by Gasteiger charge is 2.29. The number of hydrogen-bond acceptors (Lipinski definition) is 1. The van der Waals surface area contributed by atoms with Crippen LogP contribution >= 0.6 is 12.2 Å². The van der Waals surface area contributed by atoms with Crippen LogP contribution in [0, 0.1) is 11.3 Å². The standard InChI is InChI=1S/C21H28N2S/c1-21(2,3)16-11-13-17(14-12-16)22-20(24)23-19-10-6-8-15-7-4-5-9-18(15)19/h4-10,16-17H,11-14H2,1-3H3,(H2,22,23,24). The number of benzene rings is 2. The van der Waals surface area contributed by atoms with Gasteiger partial charge in [0.05, 0.1) is 0 Å². The Labute approximate surface area is 151 Å². The van der Waals surface area contributed by atoms with Gasteiger partial charge in [-0.25, -0.2) is 0 Å². The van der Waals surface area contributed by atoms with E-state index in [0.29, 0.717) is 11.5 Å². The predicted molar refractivity (Wildman–Crippen MR) is 109 cm³/mol. The second-order valence-corrected chi connectivity index (χ2v) is 8.45. The van der Waals surface area contributed by atoms with Gasteiger partial charge in [0.2, 0.25) is 0 Å². The lowest BCUT2D eigenvalue weighted by Crippen LogP contribution is -2.41. The summed E-state index contributed by atoms with van der Waals surface area (Å²) in [6.45, 7) is 7.08. The lowest BCUT2D eigenvalue weighted by atomic mass is 9.71. The maximum atomic E-state index is 5.56. The molecule has 0 amide bonds. The van der Waals surface area contributed by atoms with Crippen molar-refractivity contribution in [2.45, 2.75) is 52.5 Å². The molecule has 1 saturated carbocycles. The molecule has 3 rings (SSSR count). The smallest absolute Gasteiger partial charge is 0.171 e. The van der Waals surface area contributed by atoms with Crippen molar-refractivity contribution in [3.05, 3.63) is 42.5 Å². The highest BCUT2D eigenvalue weighted by Crippen LogP contribution is 2.37. The van der Waals surface area contributed by atoms with Gasteiger partial charge in [-0.15, -0.1) is 0 Å². The lowest BCUT2D eigenvalue weighted by Gasteiger charge is -2.37. The highest BCUT2D eigenvalue weighted by atomic mass is 32.1. The van der Waals surface area contributed by atoms with Crippen LogP contribution in [-0.2, 0) is 0 Å². The molecule has 2 N–H and O–H groups in total. The summed E-state index contributed by atoms with van der Waals surface area (Å²) < 4.78 is 0. The number of nitrogens with one attached hydrogen (secondary N) is 2. The Kier molecular flexibility index (Phi) is 5.09. The largest absolute Gasteiger partial charge is 0.360 e. The normalized spacial score (nSPS) is 21.5. The monoisotopic (exact) mass is 340 g/mol. The van der Waals surface area contributed by atoms with Crippen LogP contribution in [0.5, 0.6) is 0 Å². The van der Waals surface area contributed by atoms with Crippen LogP contribution < -0.4 is 10.6 Å². The fraction of sp³-hybridized carbons (Fsp3) is 0.476. The maximum Gasteiger partial charge on any atom is 0.171 e. The first-order valence-electron chi connectivity index (χ1n) is 8.99. The average Bonchev–Trinajstić information content (AvgIpc) is 2.55. The number of hydrogen-bond donors (Lipinski definition) is 2. The zero-order valence-corrected chi connectivity index (χ0v) is 15.7. The molecule has 2 aromatic rings. The molecule has 1 fully saturated rings. The predicted octanol–water partition coefficient (Wildman–Crippen LogP) is 5.73. The van der Waals surface area contributed by atoms with Crippen molar-refractivity contribution in [2.24, 2.45) is 11.3 Å². The molecule has 0 radical (unpaired) electrons. The van der Waals surface area contributed by atoms with Crippen LogP contribution in [0.4, 0.5) is 5.69 Å². The molecule has 0 unspecified atom stereocenters. The van der Waals surface area contributed by atoms with Crippen molar-refractivity contribution < 1.29 is 0 Å². The topological polar surface area (TPSA) is 24.1 Å². The first-order chi connectivity index (χ1) is 11.4. The van der Waals surface area contributed by atoms with E-state index in [4.69, 9.17) is 12.2 Å². The third-order valence-corrected chi connectivity index (χ3v) is 5.54. The molecule has 2 nitrogen and oxygen atoms in total. The Morgan fingerprint density at radius 1 is 0.958 bits per heavy atom. The van der Waals surface area contributed by atoms with Gasteiger partial charge in [0, 0.05) is 17.1 Å². The van der Waals surface area contributed by atoms with Gasteiger partial charge in [0.25, 0.3) is 0 Å². The van der Waals surface area contributed by atoms with Gasteiger partial charge < -0.3 is 10.6 Å². The summed E-state index contributed by atoms with van der Waals surface area (Å²) in [7, 11) is 0. The number of rotatable bonds is 2. The third kappa shape index (κ3) is 4.07. The molecule has 0 heterocycles. The first-order valence-corrected chi connectivity index (χ1v) is 9.39. The fourth-order valence-electron chi connectivity index (χ4n) is 3.78. The van der Waals surface area contributed by atoms with E-state index in [0.717, 1.165) is 16.7 Å². The third-order valence-electron chi connectivity index (χ3n) is 5.32. The van der Waals surface area contributed by atoms with Crippen molar-refractivity contribution >= 4 is 33.8 Å². The van der Waals surface area contributed by atoms with Gasteiger partial charge in [0.15, 0.2) is 5.11 Å². The van der Waals surface area contributed by atoms with Crippen molar-refractivity contribution in [1.82, 2.24) is 5.32 Å². The number of fused-ring (bicyclic) bond motifs is 1. The summed E-state index contributed by atoms with van der Waals surface area (Å²) in [5.41, 5.74) is 1.50. The minimum absolute atomic E-state index is 0.423. The summed E-state index contributed by atoms with van der Waals surface area (Å²) in [6.07, 6.45) is 4.99. The SMILES string of the molecule is CC(C)(C)C1CCC(NC(=S)Nc2cccc3ccccc23)CC1. The van der Waals surface area contributed by atoms with E-state index >= 15 is 0 Å². The minimum atomic E-state index is 0.423. The Balaban J connectivity index is 1.58. The van der Waals surface area contributed by atoms with Crippen molar-refractivity contribution in [3.8, 4) is 0 Å². The van der Waals surface area contributed by atoms with Gasteiger partial charge in [0.1, 0.15) is 0 Å². The second-order valence-electron chi connectivity index (χ2n) is 8.04. The highest BCUT2D eigenvalue weighted by molar-refractivity contribution is 7.80. The molecule has 0 saturated heterocycles. The molecule has 2 aromatic carbocycles. The fourth-order valence-corrected chi connectivity index (χ4v) is 4.06. The Morgan fingerprint density at radius 2 is 1.62 bits per heavy atom. The average molecular weight is 341 g/mol. The first kappa shape index (κ1) is 17.2. The van der Waals surface area contributed by atoms with Crippen LogP contribution in [0.25, 0.3) is 10.8 Å². The van der Waals surface area contributed by atoms with E-state index in [9.17, 15) is 0 Å². The van der Waals surface area contributed by atoms with Gasteiger partial charge in [-0.3, -0.25) is 0 Å². The van der Waals surface area contributed by atoms with E-state index in [1.165, 1.54) is 36.5 Å². The lowest BCUT2D eigenvalue weighted by molar-refractivity contribution is 0.166. The molecule has 0 aliphatic heterocycles. The molecule has 24 heavy (non-hydrogen) atoms. The van der Waals surface area contributed by atoms with Crippen LogP contribution in [0.3, 0.4) is 0 Å². The molecule has 0 bridgehead atoms. The Hall–Kier alpha value is -1.61. The van der Waals surface area contributed by atoms with Crippen molar-refractivity contribution in [2.75, 3.05) is 5.32 Å². The van der Waals surface area contributed by atoms with E-state index in [-0.39, 0.29) is 0 Å². The van der Waals surface area contributed by atoms with E-state index < -0.39 is 0 Å². The molecular weight excluding hydrogens is 312 g/mol. The zero-order valence-electron chi connectivity index (χ0n) is 14.9. The second kappa shape index (κ2) is 7.10. The van der Waals surface area contributed by atoms with E-state index in [2.05, 4.69) is 73.9 Å². The minimum Gasteiger partial charge on any atom is -0.360 e. The zero-order chi connectivity index (χ0) is 17.2. The van der Waals surface area contributed by atoms with Gasteiger partial charge in [-0.1, -0.05) is 57.2 Å². The molecule has 128 valence electrons. The van der Waals surface area contributed by atoms with Gasteiger partial charge in [-0.05, 0) is 60.7 Å². The quantitative estimate of drug-likeness (QED) is 0.683. The van der Waals surface area contributed by atoms with Gasteiger partial charge >= 0.3 is 0 Å². The Bertz CT molecular complexity index is 704. The number of thiocarbonyl (C=S) groups is 1. The van der Waals surface area contributed by atoms with E-state index in [1.54, 1.807) is 0 Å². The van der Waals surface area contributed by atoms with Crippen LogP contribution in [0.1, 0.15) is 46.5 Å². The van der Waals surface area contributed by atoms with Crippen LogP contribution in [0.2, 0.25) is 0 Å². The Morgan fingerprint density at radius 3 is 2.33 bits per heavy atom. The summed E-state index contributed by atoms with van der Waals surface area (Å²) in [6, 6.07) is 15.2. The summed E-state index contributed by atoms with van der Waals surface area (Å²) in [5.74, 6) is 0.829. The molecule has 1 aliphatic carbocycles. The summed E-state index contributed by atoms with van der Waals surface area (Å²) >= 11 is 5.56. The molecule has 0 spiro atoms.